The van der Waals surface area contributed by atoms with Crippen LogP contribution in [0.4, 0.5) is 0 Å². The highest BCUT2D eigenvalue weighted by atomic mass is 35.5. The zero-order chi connectivity index (χ0) is 23.7. The number of nitrogens with one attached hydrogen (secondary N) is 1. The maximum atomic E-state index is 13.8. The van der Waals surface area contributed by atoms with Gasteiger partial charge in [-0.2, -0.15) is 20.1 Å². The number of hydrogen-bond acceptors (Lipinski definition) is 7. The minimum absolute atomic E-state index is 0.194. The van der Waals surface area contributed by atoms with Crippen LogP contribution >= 0.6 is 11.6 Å². The van der Waals surface area contributed by atoms with Crippen LogP contribution in [-0.2, 0) is 0 Å². The van der Waals surface area contributed by atoms with E-state index in [0.717, 1.165) is 18.4 Å². The van der Waals surface area contributed by atoms with Crippen LogP contribution in [0.1, 0.15) is 35.1 Å². The average molecular weight is 480 g/mol. The monoisotopic (exact) mass is 479 g/mol. The van der Waals surface area contributed by atoms with Crippen LogP contribution in [0.2, 0.25) is 5.02 Å². The summed E-state index contributed by atoms with van der Waals surface area (Å²) in [7, 11) is 3.12. The first kappa shape index (κ1) is 21.9. The van der Waals surface area contributed by atoms with Crippen LogP contribution in [-0.4, -0.2) is 61.7 Å². The van der Waals surface area contributed by atoms with Gasteiger partial charge in [0.2, 0.25) is 0 Å². The maximum absolute atomic E-state index is 13.8. The molecule has 4 aromatic rings. The van der Waals surface area contributed by atoms with E-state index in [1.165, 1.54) is 11.9 Å². The molecule has 1 fully saturated rings. The second-order valence-electron chi connectivity index (χ2n) is 7.72. The van der Waals surface area contributed by atoms with Crippen molar-refractivity contribution in [2.24, 2.45) is 0 Å². The van der Waals surface area contributed by atoms with Crippen LogP contribution in [0, 0.1) is 0 Å². The number of carbonyl (C=O) groups excluding carboxylic acids is 1. The van der Waals surface area contributed by atoms with Crippen molar-refractivity contribution in [2.45, 2.75) is 18.9 Å². The summed E-state index contributed by atoms with van der Waals surface area (Å²) in [5.74, 6) is 2.01. The topological polar surface area (TPSA) is 111 Å². The average Bonchev–Trinajstić information content (AvgIpc) is 3.64. The van der Waals surface area contributed by atoms with Crippen LogP contribution < -0.4 is 9.47 Å². The molecular formula is C23H22ClN7O3. The molecule has 5 rings (SSSR count). The predicted octanol–water partition coefficient (Wildman–Crippen LogP) is 3.70. The van der Waals surface area contributed by atoms with Crippen LogP contribution in [0.5, 0.6) is 11.5 Å². The molecule has 1 N–H and O–H groups in total. The number of H-pyrrole nitrogens is 1. The normalized spacial score (nSPS) is 15.5. The van der Waals surface area contributed by atoms with Gasteiger partial charge in [0.05, 0.1) is 48.8 Å². The van der Waals surface area contributed by atoms with Crippen molar-refractivity contribution in [2.75, 3.05) is 20.8 Å². The van der Waals surface area contributed by atoms with E-state index in [-0.39, 0.29) is 11.9 Å². The minimum Gasteiger partial charge on any atom is -0.496 e. The van der Waals surface area contributed by atoms with Gasteiger partial charge in [0.15, 0.2) is 5.82 Å². The van der Waals surface area contributed by atoms with Crippen molar-refractivity contribution in [1.29, 1.82) is 0 Å². The maximum Gasteiger partial charge on any atom is 0.256 e. The number of aromatic nitrogens is 6. The van der Waals surface area contributed by atoms with E-state index in [9.17, 15) is 4.79 Å². The predicted molar refractivity (Wildman–Crippen MR) is 124 cm³/mol. The summed E-state index contributed by atoms with van der Waals surface area (Å²) in [5.41, 5.74) is 1.63. The fraction of sp³-hybridized carbons (Fsp3) is 0.261. The molecule has 34 heavy (non-hydrogen) atoms. The molecule has 0 radical (unpaired) electrons. The fourth-order valence-electron chi connectivity index (χ4n) is 4.20. The van der Waals surface area contributed by atoms with Crippen LogP contribution in [0.3, 0.4) is 0 Å². The summed E-state index contributed by atoms with van der Waals surface area (Å²) >= 11 is 6.34. The number of benzene rings is 2. The molecule has 2 aromatic carbocycles. The summed E-state index contributed by atoms with van der Waals surface area (Å²) < 4.78 is 10.8. The molecule has 1 atom stereocenters. The van der Waals surface area contributed by atoms with E-state index in [0.29, 0.717) is 46.0 Å². The third-order valence-electron chi connectivity index (χ3n) is 5.81. The number of hydrogen-bond donors (Lipinski definition) is 1. The lowest BCUT2D eigenvalue weighted by Gasteiger charge is -2.24. The lowest BCUT2D eigenvalue weighted by Crippen LogP contribution is -2.32. The molecule has 0 unspecified atom stereocenters. The van der Waals surface area contributed by atoms with E-state index in [4.69, 9.17) is 26.1 Å². The highest BCUT2D eigenvalue weighted by Gasteiger charge is 2.35. The molecule has 2 aromatic heterocycles. The SMILES string of the molecule is COc1cc(C(=O)N2CCC[C@H]2c2nc(-c3ccccc3OC)n[nH]2)c(-n2nccn2)cc1Cl. The van der Waals surface area contributed by atoms with Gasteiger partial charge in [-0.25, -0.2) is 4.98 Å². The molecule has 3 heterocycles. The second-order valence-corrected chi connectivity index (χ2v) is 8.13. The first-order chi connectivity index (χ1) is 16.6. The van der Waals surface area contributed by atoms with Crippen molar-refractivity contribution in [3.05, 3.63) is 65.2 Å². The van der Waals surface area contributed by atoms with E-state index in [2.05, 4.69) is 20.4 Å². The Kier molecular flexibility index (Phi) is 5.89. The third-order valence-corrected chi connectivity index (χ3v) is 6.11. The Bertz CT molecular complexity index is 1320. The standard InChI is InChI=1S/C23H22ClN7O3/c1-33-19-8-4-3-6-14(19)21-27-22(29-28-21)17-7-5-11-30(17)23(32)15-12-20(34-2)16(24)13-18(15)31-25-9-10-26-31/h3-4,6,8-10,12-13,17H,5,7,11H2,1-2H3,(H,27,28,29)/t17-/m0/s1. The highest BCUT2D eigenvalue weighted by molar-refractivity contribution is 6.32. The molecule has 0 aliphatic carbocycles. The Hall–Kier alpha value is -3.92. The number of ether oxygens (including phenoxy) is 2. The molecule has 1 aliphatic rings. The molecule has 0 saturated carbocycles. The Labute approximate surface area is 200 Å². The van der Waals surface area contributed by atoms with Crippen molar-refractivity contribution in [3.63, 3.8) is 0 Å². The van der Waals surface area contributed by atoms with Gasteiger partial charge < -0.3 is 14.4 Å². The van der Waals surface area contributed by atoms with Crippen LogP contribution in [0.25, 0.3) is 17.1 Å². The number of nitrogens with zero attached hydrogens (tertiary/aromatic N) is 6. The van der Waals surface area contributed by atoms with Gasteiger partial charge in [0.25, 0.3) is 5.91 Å². The second kappa shape index (κ2) is 9.14. The summed E-state index contributed by atoms with van der Waals surface area (Å²) in [4.78, 5) is 21.6. The quantitative estimate of drug-likeness (QED) is 0.448. The fourth-order valence-corrected chi connectivity index (χ4v) is 4.43. The number of aromatic amines is 1. The van der Waals surface area contributed by atoms with Crippen LogP contribution in [0.15, 0.2) is 48.8 Å². The largest absolute Gasteiger partial charge is 0.496 e. The molecule has 1 amide bonds. The van der Waals surface area contributed by atoms with Gasteiger partial charge in [-0.3, -0.25) is 9.89 Å². The molecule has 1 aliphatic heterocycles. The zero-order valence-electron chi connectivity index (χ0n) is 18.6. The highest BCUT2D eigenvalue weighted by Crippen LogP contribution is 2.36. The van der Waals surface area contributed by atoms with E-state index in [1.807, 2.05) is 24.3 Å². The van der Waals surface area contributed by atoms with E-state index >= 15 is 0 Å². The zero-order valence-corrected chi connectivity index (χ0v) is 19.4. The molecule has 174 valence electrons. The van der Waals surface area contributed by atoms with E-state index < -0.39 is 0 Å². The number of rotatable bonds is 6. The number of amides is 1. The molecule has 1 saturated heterocycles. The smallest absolute Gasteiger partial charge is 0.256 e. The number of methoxy groups -OCH3 is 2. The Morgan fingerprint density at radius 3 is 2.65 bits per heavy atom. The molecule has 0 spiro atoms. The number of para-hydroxylation sites is 1. The van der Waals surface area contributed by atoms with Gasteiger partial charge in [0, 0.05) is 6.54 Å². The van der Waals surface area contributed by atoms with Crippen molar-refractivity contribution in [3.8, 4) is 28.6 Å². The minimum atomic E-state index is -0.261. The van der Waals surface area contributed by atoms with Crippen molar-refractivity contribution >= 4 is 17.5 Å². The van der Waals surface area contributed by atoms with Gasteiger partial charge >= 0.3 is 0 Å². The van der Waals surface area contributed by atoms with Gasteiger partial charge in [0.1, 0.15) is 23.0 Å². The number of likely N-dealkylation sites (tertiary alicyclic amines) is 1. The number of carbonyl (C=O) groups is 1. The summed E-state index contributed by atoms with van der Waals surface area (Å²) in [6.07, 6.45) is 4.67. The first-order valence-electron chi connectivity index (χ1n) is 10.7. The molecule has 11 heteroatoms. The Balaban J connectivity index is 1.50. The third kappa shape index (κ3) is 3.86. The summed E-state index contributed by atoms with van der Waals surface area (Å²) in [6.45, 7) is 0.575. The van der Waals surface area contributed by atoms with Gasteiger partial charge in [-0.1, -0.05) is 23.7 Å². The van der Waals surface area contributed by atoms with Gasteiger partial charge in [-0.05, 0) is 37.1 Å². The molecule has 10 nitrogen and oxygen atoms in total. The Morgan fingerprint density at radius 2 is 1.88 bits per heavy atom. The first-order valence-corrected chi connectivity index (χ1v) is 11.1. The molecule has 0 bridgehead atoms. The van der Waals surface area contributed by atoms with E-state index in [1.54, 1.807) is 36.5 Å². The van der Waals surface area contributed by atoms with Crippen molar-refractivity contribution < 1.29 is 14.3 Å². The lowest BCUT2D eigenvalue weighted by molar-refractivity contribution is 0.0729. The van der Waals surface area contributed by atoms with Gasteiger partial charge in [-0.15, -0.1) is 0 Å². The Morgan fingerprint density at radius 1 is 1.12 bits per heavy atom. The summed E-state index contributed by atoms with van der Waals surface area (Å²) in [5, 5.41) is 16.1. The lowest BCUT2D eigenvalue weighted by atomic mass is 10.1. The number of halogens is 1. The van der Waals surface area contributed by atoms with Crippen molar-refractivity contribution in [1.82, 2.24) is 35.1 Å². The summed E-state index contributed by atoms with van der Waals surface area (Å²) in [6, 6.07) is 10.5. The molecular weight excluding hydrogens is 458 g/mol.